The Hall–Kier alpha value is -0.0151. The molecule has 0 N–H and O–H groups in total. The van der Waals surface area contributed by atoms with E-state index in [4.69, 9.17) is 9.31 Å². The standard InChI is InChI=1S/C7H15BO2.2C2H6/c1-6-5-7(2,3)10-8(4)9-6;2*1-2/h6H,5H2,1-4H3;2*1-2H3. The van der Waals surface area contributed by atoms with Crippen molar-refractivity contribution in [2.45, 2.75) is 73.4 Å². The second-order valence-corrected chi connectivity index (χ2v) is 3.60. The fourth-order valence-corrected chi connectivity index (χ4v) is 1.59. The Kier molecular flexibility index (Phi) is 9.74. The van der Waals surface area contributed by atoms with Crippen molar-refractivity contribution in [3.8, 4) is 0 Å². The average molecular weight is 202 g/mol. The quantitative estimate of drug-likeness (QED) is 0.557. The van der Waals surface area contributed by atoms with Crippen LogP contribution in [0.1, 0.15) is 54.9 Å². The summed E-state index contributed by atoms with van der Waals surface area (Å²) in [6.45, 7) is 16.2. The zero-order valence-corrected chi connectivity index (χ0v) is 11.2. The monoisotopic (exact) mass is 202 g/mol. The maximum Gasteiger partial charge on any atom is 0.454 e. The molecule has 0 aromatic carbocycles. The van der Waals surface area contributed by atoms with E-state index >= 15 is 0 Å². The minimum atomic E-state index is -0.0428. The summed E-state index contributed by atoms with van der Waals surface area (Å²) in [5.74, 6) is 0. The third-order valence-corrected chi connectivity index (χ3v) is 1.69. The Morgan fingerprint density at radius 3 is 1.86 bits per heavy atom. The second kappa shape index (κ2) is 8.31. The van der Waals surface area contributed by atoms with Gasteiger partial charge in [0.25, 0.3) is 0 Å². The highest BCUT2D eigenvalue weighted by Gasteiger charge is 2.33. The first kappa shape index (κ1) is 16.4. The van der Waals surface area contributed by atoms with Gasteiger partial charge in [0.05, 0.1) is 5.60 Å². The molecule has 1 rings (SSSR count). The van der Waals surface area contributed by atoms with Gasteiger partial charge in [-0.25, -0.2) is 0 Å². The van der Waals surface area contributed by atoms with Gasteiger partial charge in [-0.3, -0.25) is 0 Å². The minimum Gasteiger partial charge on any atom is -0.409 e. The molecule has 0 bridgehead atoms. The van der Waals surface area contributed by atoms with Crippen LogP contribution >= 0.6 is 0 Å². The van der Waals surface area contributed by atoms with Crippen molar-refractivity contribution in [2.24, 2.45) is 0 Å². The third kappa shape index (κ3) is 7.39. The Bertz CT molecular complexity index is 114. The van der Waals surface area contributed by atoms with Gasteiger partial charge in [0.2, 0.25) is 0 Å². The van der Waals surface area contributed by atoms with Gasteiger partial charge >= 0.3 is 7.12 Å². The summed E-state index contributed by atoms with van der Waals surface area (Å²) >= 11 is 0. The molecule has 1 aliphatic rings. The van der Waals surface area contributed by atoms with Crippen molar-refractivity contribution in [2.75, 3.05) is 0 Å². The fraction of sp³-hybridized carbons (Fsp3) is 1.00. The summed E-state index contributed by atoms with van der Waals surface area (Å²) in [7, 11) is -0.0428. The molecule has 1 aliphatic heterocycles. The molecular formula is C11H27BO2. The summed E-state index contributed by atoms with van der Waals surface area (Å²) in [6, 6.07) is 0. The van der Waals surface area contributed by atoms with E-state index in [2.05, 4.69) is 20.8 Å². The lowest BCUT2D eigenvalue weighted by molar-refractivity contribution is -0.0260. The maximum absolute atomic E-state index is 5.52. The molecule has 0 aromatic heterocycles. The highest BCUT2D eigenvalue weighted by molar-refractivity contribution is 6.42. The largest absolute Gasteiger partial charge is 0.454 e. The molecule has 14 heavy (non-hydrogen) atoms. The molecule has 0 aromatic rings. The summed E-state index contributed by atoms with van der Waals surface area (Å²) in [4.78, 5) is 0. The Morgan fingerprint density at radius 2 is 1.57 bits per heavy atom. The van der Waals surface area contributed by atoms with Crippen LogP contribution in [0.15, 0.2) is 0 Å². The highest BCUT2D eigenvalue weighted by atomic mass is 16.6. The predicted molar refractivity (Wildman–Crippen MR) is 64.6 cm³/mol. The molecule has 0 amide bonds. The molecule has 1 fully saturated rings. The van der Waals surface area contributed by atoms with Crippen molar-refractivity contribution in [3.63, 3.8) is 0 Å². The SMILES string of the molecule is CB1OC(C)CC(C)(C)O1.CC.CC. The molecule has 0 aliphatic carbocycles. The third-order valence-electron chi connectivity index (χ3n) is 1.69. The van der Waals surface area contributed by atoms with Crippen molar-refractivity contribution >= 4 is 7.12 Å². The molecule has 1 atom stereocenters. The lowest BCUT2D eigenvalue weighted by Gasteiger charge is -2.37. The Labute approximate surface area is 90.5 Å². The molecule has 0 radical (unpaired) electrons. The lowest BCUT2D eigenvalue weighted by Crippen LogP contribution is -2.44. The lowest BCUT2D eigenvalue weighted by atomic mass is 9.86. The van der Waals surface area contributed by atoms with E-state index < -0.39 is 0 Å². The molecule has 2 nitrogen and oxygen atoms in total. The zero-order valence-electron chi connectivity index (χ0n) is 11.2. The summed E-state index contributed by atoms with van der Waals surface area (Å²) in [5, 5.41) is 0. The zero-order chi connectivity index (χ0) is 11.8. The predicted octanol–water partition coefficient (Wildman–Crippen LogP) is 3.76. The van der Waals surface area contributed by atoms with Crippen LogP contribution in [0.2, 0.25) is 6.82 Å². The van der Waals surface area contributed by atoms with Gasteiger partial charge in [-0.1, -0.05) is 27.7 Å². The van der Waals surface area contributed by atoms with Crippen LogP contribution in [0.25, 0.3) is 0 Å². The Balaban J connectivity index is 0. The van der Waals surface area contributed by atoms with E-state index in [0.717, 1.165) is 6.42 Å². The van der Waals surface area contributed by atoms with Crippen molar-refractivity contribution < 1.29 is 9.31 Å². The molecule has 1 heterocycles. The van der Waals surface area contributed by atoms with Gasteiger partial charge in [0, 0.05) is 6.10 Å². The second-order valence-electron chi connectivity index (χ2n) is 3.60. The maximum atomic E-state index is 5.52. The van der Waals surface area contributed by atoms with Gasteiger partial charge in [0.1, 0.15) is 0 Å². The van der Waals surface area contributed by atoms with Crippen LogP contribution in [0.4, 0.5) is 0 Å². The van der Waals surface area contributed by atoms with Crippen LogP contribution in [-0.4, -0.2) is 18.8 Å². The highest BCUT2D eigenvalue weighted by Crippen LogP contribution is 2.25. The number of hydrogen-bond acceptors (Lipinski definition) is 2. The molecule has 86 valence electrons. The first-order valence-electron chi connectivity index (χ1n) is 5.83. The van der Waals surface area contributed by atoms with Crippen molar-refractivity contribution in [3.05, 3.63) is 0 Å². The average Bonchev–Trinajstić information content (AvgIpc) is 2.07. The van der Waals surface area contributed by atoms with Crippen molar-refractivity contribution in [1.82, 2.24) is 0 Å². The fourth-order valence-electron chi connectivity index (χ4n) is 1.59. The summed E-state index contributed by atoms with van der Waals surface area (Å²) < 4.78 is 10.9. The van der Waals surface area contributed by atoms with Gasteiger partial charge in [-0.2, -0.15) is 0 Å². The molecule has 1 saturated heterocycles. The molecule has 1 unspecified atom stereocenters. The van der Waals surface area contributed by atoms with Gasteiger partial charge < -0.3 is 9.31 Å². The topological polar surface area (TPSA) is 18.5 Å². The first-order valence-corrected chi connectivity index (χ1v) is 5.83. The van der Waals surface area contributed by atoms with Crippen LogP contribution in [-0.2, 0) is 9.31 Å². The van der Waals surface area contributed by atoms with E-state index in [1.807, 2.05) is 34.5 Å². The van der Waals surface area contributed by atoms with Crippen LogP contribution in [0.3, 0.4) is 0 Å². The van der Waals surface area contributed by atoms with E-state index in [0.29, 0.717) is 6.10 Å². The molecular weight excluding hydrogens is 175 g/mol. The van der Waals surface area contributed by atoms with Gasteiger partial charge in [-0.05, 0) is 34.0 Å². The Morgan fingerprint density at radius 1 is 1.14 bits per heavy atom. The smallest absolute Gasteiger partial charge is 0.409 e. The van der Waals surface area contributed by atoms with E-state index in [1.165, 1.54) is 0 Å². The summed E-state index contributed by atoms with van der Waals surface area (Å²) in [5.41, 5.74) is -0.00289. The van der Waals surface area contributed by atoms with Gasteiger partial charge in [0.15, 0.2) is 0 Å². The van der Waals surface area contributed by atoms with Crippen LogP contribution in [0, 0.1) is 0 Å². The van der Waals surface area contributed by atoms with Crippen LogP contribution < -0.4 is 0 Å². The summed E-state index contributed by atoms with van der Waals surface area (Å²) in [6.07, 6.45) is 1.32. The van der Waals surface area contributed by atoms with Crippen molar-refractivity contribution in [1.29, 1.82) is 0 Å². The van der Waals surface area contributed by atoms with Crippen LogP contribution in [0.5, 0.6) is 0 Å². The van der Waals surface area contributed by atoms with Gasteiger partial charge in [-0.15, -0.1) is 0 Å². The minimum absolute atomic E-state index is 0.00289. The van der Waals surface area contributed by atoms with E-state index in [-0.39, 0.29) is 12.7 Å². The number of hydrogen-bond donors (Lipinski definition) is 0. The number of rotatable bonds is 0. The first-order chi connectivity index (χ1) is 6.49. The molecule has 0 spiro atoms. The molecule has 3 heteroatoms. The normalized spacial score (nSPS) is 24.0. The van der Waals surface area contributed by atoms with E-state index in [1.54, 1.807) is 0 Å². The molecule has 0 saturated carbocycles. The van der Waals surface area contributed by atoms with E-state index in [9.17, 15) is 0 Å².